The van der Waals surface area contributed by atoms with Crippen molar-refractivity contribution in [3.63, 3.8) is 0 Å². The Balaban J connectivity index is 0.000000332. The fraction of sp³-hybridized carbons (Fsp3) is 0.667. The first kappa shape index (κ1) is 43.8. The third-order valence-corrected chi connectivity index (χ3v) is 15.6. The van der Waals surface area contributed by atoms with Crippen molar-refractivity contribution in [3.05, 3.63) is 54.1 Å². The first-order valence-electron chi connectivity index (χ1n) is 20.3. The Labute approximate surface area is 328 Å². The van der Waals surface area contributed by atoms with E-state index in [9.17, 15) is 29.1 Å². The van der Waals surface area contributed by atoms with Crippen LogP contribution in [0.5, 0.6) is 0 Å². The molecule has 0 aromatic heterocycles. The number of rotatable bonds is 9. The van der Waals surface area contributed by atoms with Crippen LogP contribution in [0.25, 0.3) is 5.57 Å². The topological polar surface area (TPSA) is 175 Å². The van der Waals surface area contributed by atoms with E-state index in [1.54, 1.807) is 32.2 Å². The largest absolute Gasteiger partial charge is 0.481 e. The summed E-state index contributed by atoms with van der Waals surface area (Å²) in [7, 11) is 1.62. The quantitative estimate of drug-likeness (QED) is 0.181. The highest BCUT2D eigenvalue weighted by atomic mass is 16.4. The van der Waals surface area contributed by atoms with Gasteiger partial charge in [-0.15, -0.1) is 6.58 Å². The number of carbonyl (C=O) groups excluding carboxylic acids is 2. The lowest BCUT2D eigenvalue weighted by atomic mass is 9.32. The second-order valence-electron chi connectivity index (χ2n) is 18.3. The first-order valence-corrected chi connectivity index (χ1v) is 20.3. The van der Waals surface area contributed by atoms with Gasteiger partial charge in [-0.25, -0.2) is 4.79 Å². The summed E-state index contributed by atoms with van der Waals surface area (Å²) in [5.41, 5.74) is 9.58. The molecule has 1 aromatic carbocycles. The summed E-state index contributed by atoms with van der Waals surface area (Å²) >= 11 is 0. The van der Waals surface area contributed by atoms with Crippen LogP contribution in [0.1, 0.15) is 141 Å². The summed E-state index contributed by atoms with van der Waals surface area (Å²) in [5, 5.41) is 25.4. The zero-order valence-electron chi connectivity index (χ0n) is 34.3. The highest BCUT2D eigenvalue weighted by Crippen LogP contribution is 2.77. The highest BCUT2D eigenvalue weighted by molar-refractivity contribution is 5.88. The smallest absolute Gasteiger partial charge is 0.335 e. The SMILES string of the molecule is C=CCN(C)C(=O)CCC(=O)O.CC1(C)C(c2ccc(C(=O)O)cc2)=CCC2(C)C1CCC1(C)C2CCC2[C@H]3CCCC3(C(N)=O)CC[C@]21C.CCC(=O)O. The fourth-order valence-electron chi connectivity index (χ4n) is 12.6. The average molecular weight is 763 g/mol. The van der Waals surface area contributed by atoms with E-state index in [2.05, 4.69) is 47.3 Å². The second-order valence-corrected chi connectivity index (χ2v) is 18.3. The number of fused-ring (bicyclic) bond motifs is 7. The van der Waals surface area contributed by atoms with Gasteiger partial charge in [-0.1, -0.05) is 72.2 Å². The van der Waals surface area contributed by atoms with Crippen LogP contribution in [0.4, 0.5) is 0 Å². The highest BCUT2D eigenvalue weighted by Gasteiger charge is 2.70. The summed E-state index contributed by atoms with van der Waals surface area (Å²) in [6, 6.07) is 7.52. The standard InChI is InChI=1S/C34H47NO3.C8H13NO3.C3H6O2/c1-30(2)23(21-8-10-22(11-9-21)28(36)37)14-17-31(3)26(30)15-18-33(5)27(31)13-12-24-25-7-6-16-34(25,29(35)38)20-19-32(24,33)4;1-3-6-9(2)7(10)4-5-8(11)12;1-2-3(4)5/h8-11,14,24-27H,6-7,12-13,15-20H2,1-5H3,(H2,35,38)(H,36,37);3H,1,4-6H2,2H3,(H,11,12);2H2,1H3,(H,4,5)/t24?,25-,26?,27?,31?,32-,33?,34?;;/m1../s1. The molecule has 8 atom stereocenters. The number of likely N-dealkylation sites (N-methyl/N-ethyl adjacent to an activating group) is 1. The van der Waals surface area contributed by atoms with Crippen molar-refractivity contribution in [1.29, 1.82) is 0 Å². The first-order chi connectivity index (χ1) is 25.7. The van der Waals surface area contributed by atoms with Gasteiger partial charge in [-0.3, -0.25) is 19.2 Å². The van der Waals surface area contributed by atoms with Gasteiger partial charge in [0.1, 0.15) is 0 Å². The van der Waals surface area contributed by atoms with Crippen LogP contribution in [0.3, 0.4) is 0 Å². The van der Waals surface area contributed by atoms with Crippen LogP contribution >= 0.6 is 0 Å². The number of hydrogen-bond donors (Lipinski definition) is 4. The van der Waals surface area contributed by atoms with Crippen LogP contribution in [0.2, 0.25) is 0 Å². The van der Waals surface area contributed by atoms with Crippen LogP contribution in [0, 0.1) is 50.7 Å². The van der Waals surface area contributed by atoms with E-state index in [4.69, 9.17) is 15.9 Å². The summed E-state index contributed by atoms with van der Waals surface area (Å²) in [4.78, 5) is 56.2. The number of aliphatic carboxylic acids is 2. The molecule has 0 spiro atoms. The summed E-state index contributed by atoms with van der Waals surface area (Å²) in [5.74, 6) is -0.403. The zero-order chi connectivity index (χ0) is 41.1. The molecular weight excluding hydrogens is 697 g/mol. The molecule has 4 fully saturated rings. The number of primary amides is 1. The maximum atomic E-state index is 12.8. The molecule has 55 heavy (non-hydrogen) atoms. The van der Waals surface area contributed by atoms with E-state index in [0.29, 0.717) is 35.8 Å². The predicted octanol–water partition coefficient (Wildman–Crippen LogP) is 8.70. The van der Waals surface area contributed by atoms with Crippen molar-refractivity contribution in [2.45, 2.75) is 125 Å². The number of benzene rings is 1. The van der Waals surface area contributed by atoms with Crippen LogP contribution in [-0.4, -0.2) is 63.5 Å². The number of carboxylic acids is 3. The van der Waals surface area contributed by atoms with Crippen molar-refractivity contribution in [3.8, 4) is 0 Å². The number of hydrogen-bond acceptors (Lipinski definition) is 5. The molecular formula is C45H66N2O8. The molecule has 2 amide bonds. The van der Waals surface area contributed by atoms with Crippen molar-refractivity contribution in [1.82, 2.24) is 4.90 Å². The Bertz CT molecular complexity index is 1670. The molecule has 5 N–H and O–H groups in total. The van der Waals surface area contributed by atoms with Crippen LogP contribution in [0.15, 0.2) is 43.0 Å². The maximum Gasteiger partial charge on any atom is 0.335 e. The third kappa shape index (κ3) is 8.02. The molecule has 0 saturated heterocycles. The minimum atomic E-state index is -0.949. The lowest BCUT2D eigenvalue weighted by molar-refractivity contribution is -0.221. The van der Waals surface area contributed by atoms with Crippen molar-refractivity contribution >= 4 is 35.3 Å². The maximum absolute atomic E-state index is 12.8. The van der Waals surface area contributed by atoms with Crippen molar-refractivity contribution < 1.29 is 39.3 Å². The Kier molecular flexibility index (Phi) is 13.2. The van der Waals surface area contributed by atoms with Gasteiger partial charge in [0.05, 0.1) is 17.4 Å². The lowest BCUT2D eigenvalue weighted by Gasteiger charge is -2.72. The van der Waals surface area contributed by atoms with Gasteiger partial charge in [-0.05, 0) is 126 Å². The fourth-order valence-corrected chi connectivity index (χ4v) is 12.6. The lowest BCUT2D eigenvalue weighted by Crippen LogP contribution is -2.65. The third-order valence-electron chi connectivity index (χ3n) is 15.6. The number of carbonyl (C=O) groups is 5. The molecule has 4 saturated carbocycles. The van der Waals surface area contributed by atoms with Crippen LogP contribution in [-0.2, 0) is 19.2 Å². The summed E-state index contributed by atoms with van der Waals surface area (Å²) in [6.45, 7) is 18.2. The molecule has 0 bridgehead atoms. The molecule has 0 aliphatic heterocycles. The van der Waals surface area contributed by atoms with Crippen molar-refractivity contribution in [2.75, 3.05) is 13.6 Å². The summed E-state index contributed by atoms with van der Waals surface area (Å²) in [6.07, 6.45) is 15.8. The zero-order valence-corrected chi connectivity index (χ0v) is 34.3. The Morgan fingerprint density at radius 3 is 2.00 bits per heavy atom. The number of amides is 2. The van der Waals surface area contributed by atoms with Gasteiger partial charge in [-0.2, -0.15) is 0 Å². The molecule has 5 aliphatic rings. The molecule has 5 aliphatic carbocycles. The van der Waals surface area contributed by atoms with Gasteiger partial charge in [0.25, 0.3) is 0 Å². The number of nitrogens with two attached hydrogens (primary N) is 1. The number of allylic oxidation sites excluding steroid dienone is 2. The van der Waals surface area contributed by atoms with E-state index in [0.717, 1.165) is 32.1 Å². The molecule has 0 heterocycles. The van der Waals surface area contributed by atoms with Crippen molar-refractivity contribution in [2.24, 2.45) is 56.5 Å². The Morgan fingerprint density at radius 2 is 1.45 bits per heavy atom. The summed E-state index contributed by atoms with van der Waals surface area (Å²) < 4.78 is 0. The van der Waals surface area contributed by atoms with E-state index in [-0.39, 0.29) is 58.2 Å². The van der Waals surface area contributed by atoms with E-state index in [1.165, 1.54) is 48.1 Å². The Hall–Kier alpha value is -3.95. The van der Waals surface area contributed by atoms with Crippen LogP contribution < -0.4 is 5.73 Å². The number of nitrogens with zero attached hydrogens (tertiary/aromatic N) is 1. The molecule has 1 aromatic rings. The van der Waals surface area contributed by atoms with Gasteiger partial charge in [0, 0.05) is 26.4 Å². The van der Waals surface area contributed by atoms with E-state index in [1.807, 2.05) is 12.1 Å². The average Bonchev–Trinajstić information content (AvgIpc) is 3.57. The number of aromatic carboxylic acids is 1. The molecule has 6 rings (SSSR count). The van der Waals surface area contributed by atoms with E-state index >= 15 is 0 Å². The number of carboxylic acid groups (broad SMARTS) is 3. The monoisotopic (exact) mass is 762 g/mol. The second kappa shape index (κ2) is 16.6. The molecule has 0 radical (unpaired) electrons. The van der Waals surface area contributed by atoms with E-state index < -0.39 is 17.9 Å². The molecule has 10 heteroatoms. The minimum Gasteiger partial charge on any atom is -0.481 e. The minimum absolute atomic E-state index is 0.0203. The normalized spacial score (nSPS) is 33.8. The Morgan fingerprint density at radius 1 is 0.818 bits per heavy atom. The van der Waals surface area contributed by atoms with Gasteiger partial charge >= 0.3 is 17.9 Å². The van der Waals surface area contributed by atoms with Gasteiger partial charge < -0.3 is 26.0 Å². The van der Waals surface area contributed by atoms with Gasteiger partial charge in [0.2, 0.25) is 11.8 Å². The van der Waals surface area contributed by atoms with Gasteiger partial charge in [0.15, 0.2) is 0 Å². The predicted molar refractivity (Wildman–Crippen MR) is 214 cm³/mol. The molecule has 6 unspecified atom stereocenters. The molecule has 10 nitrogen and oxygen atoms in total. The molecule has 304 valence electrons.